The number of anilines is 1. The van der Waals surface area contributed by atoms with Gasteiger partial charge < -0.3 is 10.6 Å². The molecule has 0 aliphatic heterocycles. The average Bonchev–Trinajstić information content (AvgIpc) is 2.50. The lowest BCUT2D eigenvalue weighted by Gasteiger charge is -2.32. The molecular weight excluding hydrogens is 277 g/mol. The Morgan fingerprint density at radius 3 is 2.10 bits per heavy atom. The first-order chi connectivity index (χ1) is 10.1. The van der Waals surface area contributed by atoms with Crippen LogP contribution in [0.25, 0.3) is 0 Å². The van der Waals surface area contributed by atoms with E-state index in [1.165, 1.54) is 0 Å². The highest BCUT2D eigenvalue weighted by Gasteiger charge is 2.21. The van der Waals surface area contributed by atoms with Gasteiger partial charge in [-0.15, -0.1) is 0 Å². The van der Waals surface area contributed by atoms with E-state index in [2.05, 4.69) is 0 Å². The van der Waals surface area contributed by atoms with Crippen molar-refractivity contribution in [2.75, 3.05) is 18.0 Å². The van der Waals surface area contributed by atoms with Gasteiger partial charge in [0.1, 0.15) is 0 Å². The maximum Gasteiger partial charge on any atom is 0.194 e. The van der Waals surface area contributed by atoms with Crippen LogP contribution in [-0.4, -0.2) is 13.1 Å². The van der Waals surface area contributed by atoms with Gasteiger partial charge in [0.2, 0.25) is 0 Å². The van der Waals surface area contributed by atoms with Gasteiger partial charge >= 0.3 is 0 Å². The fourth-order valence-corrected chi connectivity index (χ4v) is 2.41. The van der Waals surface area contributed by atoms with Crippen LogP contribution in [-0.2, 0) is 0 Å². The monoisotopic (exact) mass is 294 g/mol. The number of nitrogens with zero attached hydrogens (tertiary/aromatic N) is 1. The van der Waals surface area contributed by atoms with Crippen molar-refractivity contribution in [2.24, 2.45) is 5.73 Å². The molecule has 2 nitrogen and oxygen atoms in total. The fourth-order valence-electron chi connectivity index (χ4n) is 2.41. The normalized spacial score (nSPS) is 12.2. The van der Waals surface area contributed by atoms with Gasteiger partial charge in [0.25, 0.3) is 0 Å². The van der Waals surface area contributed by atoms with Gasteiger partial charge in [-0.25, -0.2) is 13.2 Å². The number of rotatable bonds is 5. The second-order valence-corrected chi connectivity index (χ2v) is 4.67. The van der Waals surface area contributed by atoms with E-state index in [0.29, 0.717) is 12.1 Å². The summed E-state index contributed by atoms with van der Waals surface area (Å²) in [6.45, 7) is 2.69. The van der Waals surface area contributed by atoms with Crippen LogP contribution in [0.5, 0.6) is 0 Å². The predicted octanol–water partition coefficient (Wildman–Crippen LogP) is 3.63. The third kappa shape index (κ3) is 3.19. The molecule has 0 heterocycles. The molecule has 0 saturated carbocycles. The van der Waals surface area contributed by atoms with Gasteiger partial charge in [0.05, 0.1) is 6.04 Å². The molecule has 2 aromatic carbocycles. The maximum atomic E-state index is 13.4. The van der Waals surface area contributed by atoms with Gasteiger partial charge in [-0.3, -0.25) is 0 Å². The molecule has 2 N–H and O–H groups in total. The second kappa shape index (κ2) is 6.63. The molecule has 5 heteroatoms. The van der Waals surface area contributed by atoms with E-state index >= 15 is 0 Å². The number of hydrogen-bond donors (Lipinski definition) is 1. The first-order valence-corrected chi connectivity index (χ1v) is 6.74. The topological polar surface area (TPSA) is 29.3 Å². The van der Waals surface area contributed by atoms with Crippen LogP contribution in [0.3, 0.4) is 0 Å². The molecule has 0 fully saturated rings. The zero-order chi connectivity index (χ0) is 15.4. The summed E-state index contributed by atoms with van der Waals surface area (Å²) in [5, 5.41) is 0. The standard InChI is InChI=1S/C16H17F3N2/c1-2-21(12-6-4-3-5-7-12)15(10-20)11-8-13(17)16(19)14(18)9-11/h3-9,15H,2,10,20H2,1H3. The molecule has 0 aliphatic carbocycles. The van der Waals surface area contributed by atoms with E-state index in [0.717, 1.165) is 17.8 Å². The van der Waals surface area contributed by atoms with E-state index in [9.17, 15) is 13.2 Å². The van der Waals surface area contributed by atoms with Gasteiger partial charge in [0.15, 0.2) is 17.5 Å². The molecule has 0 saturated heterocycles. The first kappa shape index (κ1) is 15.4. The van der Waals surface area contributed by atoms with Crippen molar-refractivity contribution in [3.63, 3.8) is 0 Å². The molecule has 0 radical (unpaired) electrons. The summed E-state index contributed by atoms with van der Waals surface area (Å²) in [6, 6.07) is 11.0. The third-order valence-corrected chi connectivity index (χ3v) is 3.42. The number of hydrogen-bond acceptors (Lipinski definition) is 2. The van der Waals surface area contributed by atoms with Crippen molar-refractivity contribution in [1.29, 1.82) is 0 Å². The minimum atomic E-state index is -1.46. The summed E-state index contributed by atoms with van der Waals surface area (Å²) in [7, 11) is 0. The number of nitrogens with two attached hydrogens (primary N) is 1. The van der Waals surface area contributed by atoms with Crippen LogP contribution in [0.2, 0.25) is 0 Å². The van der Waals surface area contributed by atoms with Gasteiger partial charge in [-0.05, 0) is 36.8 Å². The molecule has 0 aliphatic rings. The second-order valence-electron chi connectivity index (χ2n) is 4.67. The lowest BCUT2D eigenvalue weighted by atomic mass is 10.0. The summed E-state index contributed by atoms with van der Waals surface area (Å²) in [4.78, 5) is 1.92. The van der Waals surface area contributed by atoms with Gasteiger partial charge in [-0.2, -0.15) is 0 Å². The minimum Gasteiger partial charge on any atom is -0.363 e. The predicted molar refractivity (Wildman–Crippen MR) is 77.6 cm³/mol. The minimum absolute atomic E-state index is 0.160. The number of likely N-dealkylation sites (N-methyl/N-ethyl adjacent to an activating group) is 1. The van der Waals surface area contributed by atoms with Crippen molar-refractivity contribution < 1.29 is 13.2 Å². The van der Waals surface area contributed by atoms with Gasteiger partial charge in [0, 0.05) is 18.8 Å². The van der Waals surface area contributed by atoms with Crippen LogP contribution >= 0.6 is 0 Å². The molecule has 21 heavy (non-hydrogen) atoms. The molecule has 0 aromatic heterocycles. The van der Waals surface area contributed by atoms with Crippen LogP contribution < -0.4 is 10.6 Å². The highest BCUT2D eigenvalue weighted by molar-refractivity contribution is 5.49. The van der Waals surface area contributed by atoms with E-state index in [1.54, 1.807) is 0 Å². The molecule has 0 amide bonds. The molecule has 1 atom stereocenters. The maximum absolute atomic E-state index is 13.4. The smallest absolute Gasteiger partial charge is 0.194 e. The molecule has 2 rings (SSSR count). The lowest BCUT2D eigenvalue weighted by Crippen LogP contribution is -2.34. The molecule has 0 spiro atoms. The lowest BCUT2D eigenvalue weighted by molar-refractivity contribution is 0.442. The fraction of sp³-hybridized carbons (Fsp3) is 0.250. The zero-order valence-electron chi connectivity index (χ0n) is 11.7. The Kier molecular flexibility index (Phi) is 4.85. The van der Waals surface area contributed by atoms with E-state index in [4.69, 9.17) is 5.73 Å². The molecule has 0 bridgehead atoms. The van der Waals surface area contributed by atoms with E-state index in [1.807, 2.05) is 42.2 Å². The van der Waals surface area contributed by atoms with Crippen LogP contribution in [0.1, 0.15) is 18.5 Å². The first-order valence-electron chi connectivity index (χ1n) is 6.74. The van der Waals surface area contributed by atoms with Gasteiger partial charge in [-0.1, -0.05) is 18.2 Å². The van der Waals surface area contributed by atoms with Crippen molar-refractivity contribution in [2.45, 2.75) is 13.0 Å². The quantitative estimate of drug-likeness (QED) is 0.853. The van der Waals surface area contributed by atoms with Crippen molar-refractivity contribution in [1.82, 2.24) is 0 Å². The van der Waals surface area contributed by atoms with Crippen molar-refractivity contribution >= 4 is 5.69 Å². The molecule has 2 aromatic rings. The third-order valence-electron chi connectivity index (χ3n) is 3.42. The SMILES string of the molecule is CCN(c1ccccc1)C(CN)c1cc(F)c(F)c(F)c1. The number of para-hydroxylation sites is 1. The highest BCUT2D eigenvalue weighted by Crippen LogP contribution is 2.28. The largest absolute Gasteiger partial charge is 0.363 e. The Labute approximate surface area is 122 Å². The highest BCUT2D eigenvalue weighted by atomic mass is 19.2. The molecular formula is C16H17F3N2. The Balaban J connectivity index is 2.43. The number of benzene rings is 2. The Hall–Kier alpha value is -2.01. The van der Waals surface area contributed by atoms with E-state index < -0.39 is 23.5 Å². The summed E-state index contributed by atoms with van der Waals surface area (Å²) < 4.78 is 40.0. The summed E-state index contributed by atoms with van der Waals surface area (Å²) in [5.74, 6) is -3.86. The number of halogens is 3. The zero-order valence-corrected chi connectivity index (χ0v) is 11.7. The van der Waals surface area contributed by atoms with E-state index in [-0.39, 0.29) is 6.54 Å². The Morgan fingerprint density at radius 1 is 1.05 bits per heavy atom. The van der Waals surface area contributed by atoms with Crippen LogP contribution in [0.15, 0.2) is 42.5 Å². The molecule has 1 unspecified atom stereocenters. The Morgan fingerprint density at radius 2 is 1.62 bits per heavy atom. The Bertz CT molecular complexity index is 579. The summed E-state index contributed by atoms with van der Waals surface area (Å²) in [5.41, 5.74) is 6.99. The van der Waals surface area contributed by atoms with Crippen molar-refractivity contribution in [3.8, 4) is 0 Å². The average molecular weight is 294 g/mol. The summed E-state index contributed by atoms with van der Waals surface area (Å²) >= 11 is 0. The van der Waals surface area contributed by atoms with Crippen molar-refractivity contribution in [3.05, 3.63) is 65.5 Å². The van der Waals surface area contributed by atoms with Crippen LogP contribution in [0, 0.1) is 17.5 Å². The summed E-state index contributed by atoms with van der Waals surface area (Å²) in [6.07, 6.45) is 0. The van der Waals surface area contributed by atoms with Crippen LogP contribution in [0.4, 0.5) is 18.9 Å². The molecule has 112 valence electrons.